The lowest BCUT2D eigenvalue weighted by molar-refractivity contribution is -0.123. The van der Waals surface area contributed by atoms with Gasteiger partial charge in [0.1, 0.15) is 6.61 Å². The van der Waals surface area contributed by atoms with Gasteiger partial charge in [0.15, 0.2) is 0 Å². The van der Waals surface area contributed by atoms with Crippen LogP contribution in [0.1, 0.15) is 32.6 Å². The highest BCUT2D eigenvalue weighted by Gasteiger charge is 2.20. The van der Waals surface area contributed by atoms with Crippen molar-refractivity contribution < 1.29 is 9.53 Å². The van der Waals surface area contributed by atoms with Gasteiger partial charge in [-0.3, -0.25) is 4.79 Å². The van der Waals surface area contributed by atoms with Crippen LogP contribution in [0.25, 0.3) is 0 Å². The third-order valence-electron chi connectivity index (χ3n) is 3.54. The maximum atomic E-state index is 11.9. The average Bonchev–Trinajstić information content (AvgIpc) is 2.40. The van der Waals surface area contributed by atoms with Crippen LogP contribution < -0.4 is 5.32 Å². The van der Waals surface area contributed by atoms with Crippen LogP contribution in [0.5, 0.6) is 0 Å². The largest absolute Gasteiger partial charge is 0.368 e. The Balaban J connectivity index is 1.80. The van der Waals surface area contributed by atoms with Gasteiger partial charge in [0, 0.05) is 4.47 Å². The molecular formula is C15H19BrClNO2. The molecule has 0 spiro atoms. The molecule has 1 N–H and O–H groups in total. The summed E-state index contributed by atoms with van der Waals surface area (Å²) in [7, 11) is 0. The molecule has 20 heavy (non-hydrogen) atoms. The Bertz CT molecular complexity index is 481. The van der Waals surface area contributed by atoms with Gasteiger partial charge in [-0.2, -0.15) is 0 Å². The molecule has 0 aromatic heterocycles. The zero-order chi connectivity index (χ0) is 14.5. The second-order valence-electron chi connectivity index (χ2n) is 5.38. The minimum atomic E-state index is -0.160. The first kappa shape index (κ1) is 15.8. The molecule has 1 fully saturated rings. The van der Waals surface area contributed by atoms with E-state index in [2.05, 4.69) is 28.2 Å². The van der Waals surface area contributed by atoms with Crippen LogP contribution in [0, 0.1) is 5.92 Å². The van der Waals surface area contributed by atoms with Crippen LogP contribution >= 0.6 is 27.5 Å². The zero-order valence-corrected chi connectivity index (χ0v) is 13.8. The van der Waals surface area contributed by atoms with Gasteiger partial charge in [-0.05, 0) is 37.0 Å². The SMILES string of the molecule is CC1CCCC(OCC(=O)Nc2ccc(Br)cc2Cl)C1. The lowest BCUT2D eigenvalue weighted by atomic mass is 9.89. The van der Waals surface area contributed by atoms with Crippen molar-refractivity contribution in [3.63, 3.8) is 0 Å². The van der Waals surface area contributed by atoms with Gasteiger partial charge in [-0.15, -0.1) is 0 Å². The Hall–Kier alpha value is -0.580. The summed E-state index contributed by atoms with van der Waals surface area (Å²) < 4.78 is 6.57. The summed E-state index contributed by atoms with van der Waals surface area (Å²) in [6.07, 6.45) is 4.76. The summed E-state index contributed by atoms with van der Waals surface area (Å²) in [5.74, 6) is 0.533. The van der Waals surface area contributed by atoms with Crippen LogP contribution in [-0.4, -0.2) is 18.6 Å². The summed E-state index contributed by atoms with van der Waals surface area (Å²) in [6.45, 7) is 2.32. The van der Waals surface area contributed by atoms with Gasteiger partial charge in [-0.25, -0.2) is 0 Å². The number of carbonyl (C=O) groups excluding carboxylic acids is 1. The molecule has 1 amide bonds. The van der Waals surface area contributed by atoms with Gasteiger partial charge in [0.25, 0.3) is 0 Å². The molecule has 1 aromatic rings. The van der Waals surface area contributed by atoms with E-state index in [1.807, 2.05) is 6.07 Å². The third kappa shape index (κ3) is 4.76. The molecule has 1 aliphatic rings. The number of hydrogen-bond donors (Lipinski definition) is 1. The number of nitrogens with one attached hydrogen (secondary N) is 1. The first-order valence-corrected chi connectivity index (χ1v) is 8.08. The first-order chi connectivity index (χ1) is 9.54. The summed E-state index contributed by atoms with van der Waals surface area (Å²) in [5, 5.41) is 3.28. The predicted octanol–water partition coefficient (Wildman–Crippen LogP) is 4.64. The molecule has 1 saturated carbocycles. The van der Waals surface area contributed by atoms with Crippen molar-refractivity contribution in [3.8, 4) is 0 Å². The van der Waals surface area contributed by atoms with Crippen molar-refractivity contribution in [1.82, 2.24) is 0 Å². The molecule has 0 radical (unpaired) electrons. The maximum absolute atomic E-state index is 11.9. The molecule has 1 aliphatic carbocycles. The molecule has 0 saturated heterocycles. The molecule has 2 rings (SSSR count). The topological polar surface area (TPSA) is 38.3 Å². The summed E-state index contributed by atoms with van der Waals surface area (Å²) in [6, 6.07) is 5.36. The number of hydrogen-bond acceptors (Lipinski definition) is 2. The summed E-state index contributed by atoms with van der Waals surface area (Å²) in [5.41, 5.74) is 0.612. The Labute approximate surface area is 133 Å². The first-order valence-electron chi connectivity index (χ1n) is 6.91. The van der Waals surface area contributed by atoms with Crippen LogP contribution in [-0.2, 0) is 9.53 Å². The van der Waals surface area contributed by atoms with Gasteiger partial charge in [0.2, 0.25) is 5.91 Å². The highest BCUT2D eigenvalue weighted by molar-refractivity contribution is 9.10. The molecule has 0 aliphatic heterocycles. The van der Waals surface area contributed by atoms with Crippen LogP contribution in [0.2, 0.25) is 5.02 Å². The number of benzene rings is 1. The van der Waals surface area contributed by atoms with E-state index in [0.717, 1.165) is 17.3 Å². The number of amides is 1. The van der Waals surface area contributed by atoms with Crippen molar-refractivity contribution in [2.75, 3.05) is 11.9 Å². The Morgan fingerprint density at radius 1 is 1.50 bits per heavy atom. The lowest BCUT2D eigenvalue weighted by Gasteiger charge is -2.26. The van der Waals surface area contributed by atoms with Gasteiger partial charge in [0.05, 0.1) is 16.8 Å². The van der Waals surface area contributed by atoms with Crippen molar-refractivity contribution in [3.05, 3.63) is 27.7 Å². The van der Waals surface area contributed by atoms with Crippen LogP contribution in [0.15, 0.2) is 22.7 Å². The van der Waals surface area contributed by atoms with E-state index in [9.17, 15) is 4.79 Å². The van der Waals surface area contributed by atoms with Crippen molar-refractivity contribution >= 4 is 39.1 Å². The van der Waals surface area contributed by atoms with E-state index in [4.69, 9.17) is 16.3 Å². The van der Waals surface area contributed by atoms with E-state index in [1.54, 1.807) is 12.1 Å². The Morgan fingerprint density at radius 2 is 2.30 bits per heavy atom. The van der Waals surface area contributed by atoms with E-state index >= 15 is 0 Å². The van der Waals surface area contributed by atoms with E-state index in [0.29, 0.717) is 16.6 Å². The number of rotatable bonds is 4. The quantitative estimate of drug-likeness (QED) is 0.849. The zero-order valence-electron chi connectivity index (χ0n) is 11.5. The van der Waals surface area contributed by atoms with Gasteiger partial charge >= 0.3 is 0 Å². The number of halogens is 2. The molecule has 3 nitrogen and oxygen atoms in total. The third-order valence-corrected chi connectivity index (χ3v) is 4.35. The summed E-state index contributed by atoms with van der Waals surface area (Å²) >= 11 is 9.39. The standard InChI is InChI=1S/C15H19BrClNO2/c1-10-3-2-4-12(7-10)20-9-15(19)18-14-6-5-11(16)8-13(14)17/h5-6,8,10,12H,2-4,7,9H2,1H3,(H,18,19). The van der Waals surface area contributed by atoms with Gasteiger partial charge in [-0.1, -0.05) is 47.3 Å². The fraction of sp³-hybridized carbons (Fsp3) is 0.533. The second-order valence-corrected chi connectivity index (χ2v) is 6.70. The van der Waals surface area contributed by atoms with Crippen LogP contribution in [0.4, 0.5) is 5.69 Å². The van der Waals surface area contributed by atoms with Crippen LogP contribution in [0.3, 0.4) is 0 Å². The minimum Gasteiger partial charge on any atom is -0.368 e. The van der Waals surface area contributed by atoms with E-state index in [-0.39, 0.29) is 18.6 Å². The molecule has 0 bridgehead atoms. The molecular weight excluding hydrogens is 342 g/mol. The van der Waals surface area contributed by atoms with E-state index < -0.39 is 0 Å². The smallest absolute Gasteiger partial charge is 0.250 e. The molecule has 2 unspecified atom stereocenters. The van der Waals surface area contributed by atoms with Gasteiger partial charge < -0.3 is 10.1 Å². The van der Waals surface area contributed by atoms with Crippen molar-refractivity contribution in [1.29, 1.82) is 0 Å². The molecule has 0 heterocycles. The number of anilines is 1. The molecule has 1 aromatic carbocycles. The lowest BCUT2D eigenvalue weighted by Crippen LogP contribution is -2.27. The fourth-order valence-corrected chi connectivity index (χ4v) is 3.22. The number of ether oxygens (including phenoxy) is 1. The fourth-order valence-electron chi connectivity index (χ4n) is 2.50. The highest BCUT2D eigenvalue weighted by Crippen LogP contribution is 2.27. The summed E-state index contributed by atoms with van der Waals surface area (Å²) in [4.78, 5) is 11.9. The number of carbonyl (C=O) groups is 1. The average molecular weight is 361 g/mol. The molecule has 5 heteroatoms. The normalized spacial score (nSPS) is 22.6. The Kier molecular flexibility index (Phi) is 5.87. The Morgan fingerprint density at radius 3 is 3.00 bits per heavy atom. The highest BCUT2D eigenvalue weighted by atomic mass is 79.9. The second kappa shape index (κ2) is 7.43. The molecule has 110 valence electrons. The van der Waals surface area contributed by atoms with E-state index in [1.165, 1.54) is 12.8 Å². The predicted molar refractivity (Wildman–Crippen MR) is 85.2 cm³/mol. The molecule has 2 atom stereocenters. The minimum absolute atomic E-state index is 0.0871. The van der Waals surface area contributed by atoms with Crippen molar-refractivity contribution in [2.24, 2.45) is 5.92 Å². The van der Waals surface area contributed by atoms with Crippen molar-refractivity contribution in [2.45, 2.75) is 38.7 Å². The monoisotopic (exact) mass is 359 g/mol. The maximum Gasteiger partial charge on any atom is 0.250 e.